The number of thioether (sulfide) groups is 1. The average molecular weight is 259 g/mol. The third kappa shape index (κ3) is 3.61. The van der Waals surface area contributed by atoms with Gasteiger partial charge in [-0.2, -0.15) is 11.8 Å². The van der Waals surface area contributed by atoms with E-state index in [1.807, 2.05) is 6.26 Å². The van der Waals surface area contributed by atoms with Gasteiger partial charge in [-0.1, -0.05) is 0 Å². The molecule has 0 amide bonds. The molecule has 1 aliphatic carbocycles. The highest BCUT2D eigenvalue weighted by atomic mass is 32.2. The van der Waals surface area contributed by atoms with Gasteiger partial charge in [0.25, 0.3) is 6.43 Å². The zero-order chi connectivity index (χ0) is 12.3. The van der Waals surface area contributed by atoms with Gasteiger partial charge in [0.2, 0.25) is 0 Å². The Balaban J connectivity index is 2.11. The highest BCUT2D eigenvalue weighted by Crippen LogP contribution is 2.23. The van der Waals surface area contributed by atoms with Crippen LogP contribution in [0.2, 0.25) is 0 Å². The topological polar surface area (TPSA) is 37.8 Å². The predicted molar refractivity (Wildman–Crippen MR) is 64.1 cm³/mol. The molecule has 0 unspecified atom stereocenters. The fraction of sp³-hybridized carbons (Fsp3) is 0.636. The van der Waals surface area contributed by atoms with Crippen molar-refractivity contribution in [3.8, 4) is 0 Å². The van der Waals surface area contributed by atoms with Gasteiger partial charge in [-0.25, -0.2) is 18.7 Å². The first kappa shape index (κ1) is 12.7. The molecule has 0 spiro atoms. The molecule has 1 fully saturated rings. The van der Waals surface area contributed by atoms with Gasteiger partial charge in [-0.05, 0) is 19.1 Å². The molecule has 0 aromatic carbocycles. The molecule has 0 atom stereocenters. The molecule has 94 valence electrons. The SMILES string of the molecule is CSCc1ncc(CNC2CC2)c(C(F)F)n1. The van der Waals surface area contributed by atoms with E-state index in [1.54, 1.807) is 0 Å². The predicted octanol–water partition coefficient (Wildman–Crippen LogP) is 2.53. The summed E-state index contributed by atoms with van der Waals surface area (Å²) in [6.07, 6.45) is 3.16. The molecule has 1 aromatic rings. The van der Waals surface area contributed by atoms with Crippen molar-refractivity contribution in [2.75, 3.05) is 6.26 Å². The Morgan fingerprint density at radius 1 is 1.53 bits per heavy atom. The first-order valence-electron chi connectivity index (χ1n) is 5.56. The summed E-state index contributed by atoms with van der Waals surface area (Å²) < 4.78 is 25.7. The summed E-state index contributed by atoms with van der Waals surface area (Å²) in [5.41, 5.74) is 0.383. The molecule has 0 aliphatic heterocycles. The van der Waals surface area contributed by atoms with Crippen LogP contribution in [0.3, 0.4) is 0 Å². The molecule has 3 nitrogen and oxygen atoms in total. The molecule has 0 radical (unpaired) electrons. The van der Waals surface area contributed by atoms with Crippen LogP contribution in [0.25, 0.3) is 0 Å². The van der Waals surface area contributed by atoms with E-state index in [0.29, 0.717) is 29.7 Å². The van der Waals surface area contributed by atoms with Crippen molar-refractivity contribution in [2.45, 2.75) is 37.6 Å². The van der Waals surface area contributed by atoms with Crippen LogP contribution >= 0.6 is 11.8 Å². The van der Waals surface area contributed by atoms with Crippen molar-refractivity contribution < 1.29 is 8.78 Å². The number of halogens is 2. The van der Waals surface area contributed by atoms with Gasteiger partial charge >= 0.3 is 0 Å². The Morgan fingerprint density at radius 3 is 2.88 bits per heavy atom. The van der Waals surface area contributed by atoms with Crippen LogP contribution in [0.15, 0.2) is 6.20 Å². The Kier molecular flexibility index (Phi) is 4.28. The third-order valence-electron chi connectivity index (χ3n) is 2.59. The number of nitrogens with zero attached hydrogens (tertiary/aromatic N) is 2. The van der Waals surface area contributed by atoms with E-state index in [1.165, 1.54) is 18.0 Å². The van der Waals surface area contributed by atoms with Crippen molar-refractivity contribution in [1.29, 1.82) is 0 Å². The lowest BCUT2D eigenvalue weighted by atomic mass is 10.2. The van der Waals surface area contributed by atoms with Gasteiger partial charge < -0.3 is 5.32 Å². The van der Waals surface area contributed by atoms with Crippen LogP contribution in [0.4, 0.5) is 8.78 Å². The Hall–Kier alpha value is -0.750. The number of alkyl halides is 2. The Morgan fingerprint density at radius 2 is 2.29 bits per heavy atom. The molecular formula is C11H15F2N3S. The maximum atomic E-state index is 12.9. The van der Waals surface area contributed by atoms with E-state index in [-0.39, 0.29) is 5.69 Å². The summed E-state index contributed by atoms with van der Waals surface area (Å²) in [5.74, 6) is 1.04. The summed E-state index contributed by atoms with van der Waals surface area (Å²) >= 11 is 1.52. The first-order valence-corrected chi connectivity index (χ1v) is 6.95. The summed E-state index contributed by atoms with van der Waals surface area (Å²) in [6, 6.07) is 0.492. The van der Waals surface area contributed by atoms with E-state index in [4.69, 9.17) is 0 Å². The second-order valence-corrected chi connectivity index (χ2v) is 4.95. The van der Waals surface area contributed by atoms with Gasteiger partial charge in [0.1, 0.15) is 11.5 Å². The molecule has 1 saturated carbocycles. The van der Waals surface area contributed by atoms with E-state index < -0.39 is 6.43 Å². The third-order valence-corrected chi connectivity index (χ3v) is 3.13. The molecule has 0 saturated heterocycles. The van der Waals surface area contributed by atoms with Gasteiger partial charge in [-0.3, -0.25) is 0 Å². The van der Waals surface area contributed by atoms with Gasteiger partial charge in [0, 0.05) is 24.3 Å². The monoisotopic (exact) mass is 259 g/mol. The quantitative estimate of drug-likeness (QED) is 0.852. The van der Waals surface area contributed by atoms with Crippen LogP contribution in [0.5, 0.6) is 0 Å². The number of rotatable bonds is 6. The Bertz CT molecular complexity index is 383. The number of hydrogen-bond acceptors (Lipinski definition) is 4. The van der Waals surface area contributed by atoms with Crippen molar-refractivity contribution in [3.05, 3.63) is 23.3 Å². The zero-order valence-electron chi connectivity index (χ0n) is 9.62. The van der Waals surface area contributed by atoms with E-state index in [9.17, 15) is 8.78 Å². The van der Waals surface area contributed by atoms with Crippen molar-refractivity contribution in [2.24, 2.45) is 0 Å². The number of hydrogen-bond donors (Lipinski definition) is 1. The molecular weight excluding hydrogens is 244 g/mol. The first-order chi connectivity index (χ1) is 8.20. The second-order valence-electron chi connectivity index (χ2n) is 4.09. The van der Waals surface area contributed by atoms with Gasteiger partial charge in [-0.15, -0.1) is 0 Å². The lowest BCUT2D eigenvalue weighted by Gasteiger charge is -2.09. The normalized spacial score (nSPS) is 15.5. The molecule has 6 heteroatoms. The van der Waals surface area contributed by atoms with E-state index in [2.05, 4.69) is 15.3 Å². The second kappa shape index (κ2) is 5.73. The minimum absolute atomic E-state index is 0.128. The fourth-order valence-corrected chi connectivity index (χ4v) is 1.92. The molecule has 2 rings (SSSR count). The lowest BCUT2D eigenvalue weighted by Crippen LogP contribution is -2.18. The van der Waals surface area contributed by atoms with Crippen LogP contribution < -0.4 is 5.32 Å². The molecule has 1 aromatic heterocycles. The van der Waals surface area contributed by atoms with E-state index >= 15 is 0 Å². The molecule has 1 N–H and O–H groups in total. The minimum Gasteiger partial charge on any atom is -0.310 e. The minimum atomic E-state index is -2.53. The molecule has 1 heterocycles. The average Bonchev–Trinajstić information content (AvgIpc) is 3.11. The van der Waals surface area contributed by atoms with Crippen LogP contribution in [-0.4, -0.2) is 22.3 Å². The van der Waals surface area contributed by atoms with Crippen molar-refractivity contribution in [1.82, 2.24) is 15.3 Å². The molecule has 0 bridgehead atoms. The summed E-state index contributed by atoms with van der Waals surface area (Å²) in [5, 5.41) is 3.20. The smallest absolute Gasteiger partial charge is 0.280 e. The maximum Gasteiger partial charge on any atom is 0.280 e. The maximum absolute atomic E-state index is 12.9. The number of aromatic nitrogens is 2. The van der Waals surface area contributed by atoms with Gasteiger partial charge in [0.05, 0.1) is 5.75 Å². The highest BCUT2D eigenvalue weighted by molar-refractivity contribution is 7.97. The van der Waals surface area contributed by atoms with Crippen LogP contribution in [-0.2, 0) is 12.3 Å². The van der Waals surface area contributed by atoms with Gasteiger partial charge in [0.15, 0.2) is 0 Å². The highest BCUT2D eigenvalue weighted by Gasteiger charge is 2.22. The number of nitrogens with one attached hydrogen (secondary N) is 1. The zero-order valence-corrected chi connectivity index (χ0v) is 10.4. The largest absolute Gasteiger partial charge is 0.310 e. The van der Waals surface area contributed by atoms with Crippen molar-refractivity contribution in [3.63, 3.8) is 0 Å². The van der Waals surface area contributed by atoms with Crippen molar-refractivity contribution >= 4 is 11.8 Å². The van der Waals surface area contributed by atoms with Crippen LogP contribution in [0, 0.1) is 0 Å². The molecule has 17 heavy (non-hydrogen) atoms. The fourth-order valence-electron chi connectivity index (χ4n) is 1.52. The van der Waals surface area contributed by atoms with Crippen LogP contribution in [0.1, 0.15) is 36.3 Å². The lowest BCUT2D eigenvalue weighted by molar-refractivity contribution is 0.144. The standard InChI is InChI=1S/C11H15F2N3S/c1-17-6-9-15-5-7(4-14-8-2-3-8)10(16-9)11(12)13/h5,8,11,14H,2-4,6H2,1H3. The van der Waals surface area contributed by atoms with E-state index in [0.717, 1.165) is 12.8 Å². The molecule has 1 aliphatic rings. The summed E-state index contributed by atoms with van der Waals surface area (Å²) in [7, 11) is 0. The summed E-state index contributed by atoms with van der Waals surface area (Å²) in [6.45, 7) is 0.434. The Labute approximate surface area is 103 Å². The summed E-state index contributed by atoms with van der Waals surface area (Å²) in [4.78, 5) is 8.04.